The van der Waals surface area contributed by atoms with Crippen LogP contribution in [0.5, 0.6) is 0 Å². The van der Waals surface area contributed by atoms with Crippen molar-refractivity contribution in [3.8, 4) is 0 Å². The normalized spacial score (nSPS) is 15.5. The lowest BCUT2D eigenvalue weighted by Gasteiger charge is -2.41. The second kappa shape index (κ2) is 6.69. The number of aromatic nitrogens is 3. The Hall–Kier alpha value is -2.11. The highest BCUT2D eigenvalue weighted by molar-refractivity contribution is 5.25. The molecule has 30 heavy (non-hydrogen) atoms. The highest BCUT2D eigenvalue weighted by atomic mass is 19.4. The van der Waals surface area contributed by atoms with Crippen molar-refractivity contribution >= 4 is 5.95 Å². The van der Waals surface area contributed by atoms with E-state index in [9.17, 15) is 65.9 Å². The van der Waals surface area contributed by atoms with Gasteiger partial charge in [-0.2, -0.15) is 70.8 Å². The monoisotopic (exact) mass is 480 g/mol. The number of hydrogen-bond acceptors (Lipinski definition) is 3. The largest absolute Gasteiger partial charge is 0.460 e. The molecule has 0 saturated heterocycles. The van der Waals surface area contributed by atoms with E-state index in [0.717, 1.165) is 7.05 Å². The van der Waals surface area contributed by atoms with E-state index < -0.39 is 53.5 Å². The summed E-state index contributed by atoms with van der Waals surface area (Å²) < 4.78 is 196. The van der Waals surface area contributed by atoms with Gasteiger partial charge in [0.2, 0.25) is 11.8 Å². The molecule has 0 saturated carbocycles. The second-order valence-corrected chi connectivity index (χ2v) is 5.58. The molecule has 0 spiro atoms. The summed E-state index contributed by atoms with van der Waals surface area (Å²) in [6.45, 7) is 0. The molecule has 19 heteroatoms. The van der Waals surface area contributed by atoms with Gasteiger partial charge in [-0.05, 0) is 0 Å². The molecule has 1 heterocycles. The van der Waals surface area contributed by atoms with E-state index in [2.05, 4.69) is 10.1 Å². The number of nitrogens with one attached hydrogen (secondary N) is 1. The van der Waals surface area contributed by atoms with E-state index in [1.807, 2.05) is 5.32 Å². The van der Waals surface area contributed by atoms with Crippen LogP contribution in [-0.4, -0.2) is 57.6 Å². The Balaban J connectivity index is 3.68. The zero-order valence-corrected chi connectivity index (χ0v) is 14.0. The quantitative estimate of drug-likeness (QED) is 0.577. The van der Waals surface area contributed by atoms with Gasteiger partial charge in [0.05, 0.1) is 0 Å². The maximum atomic E-state index is 13.9. The van der Waals surface area contributed by atoms with Gasteiger partial charge in [-0.3, -0.25) is 0 Å². The topological polar surface area (TPSA) is 42.7 Å². The van der Waals surface area contributed by atoms with Crippen molar-refractivity contribution in [2.75, 3.05) is 12.4 Å². The van der Waals surface area contributed by atoms with Crippen molar-refractivity contribution in [3.05, 3.63) is 5.82 Å². The van der Waals surface area contributed by atoms with Crippen molar-refractivity contribution in [3.63, 3.8) is 0 Å². The molecule has 0 bridgehead atoms. The summed E-state index contributed by atoms with van der Waals surface area (Å²) in [4.78, 5) is 2.53. The van der Waals surface area contributed by atoms with Crippen LogP contribution in [0.1, 0.15) is 5.82 Å². The van der Waals surface area contributed by atoms with Crippen LogP contribution < -0.4 is 5.32 Å². The van der Waals surface area contributed by atoms with Gasteiger partial charge in [0.25, 0.3) is 0 Å². The molecule has 1 aromatic rings. The minimum atomic E-state index is -8.34. The van der Waals surface area contributed by atoms with Gasteiger partial charge in [-0.15, -0.1) is 5.10 Å². The Labute approximate surface area is 155 Å². The fraction of sp³-hybridized carbons (Fsp3) is 0.818. The van der Waals surface area contributed by atoms with E-state index >= 15 is 0 Å². The Morgan fingerprint density at radius 3 is 1.33 bits per heavy atom. The average molecular weight is 480 g/mol. The molecule has 0 atom stereocenters. The number of aryl methyl sites for hydroxylation is 1. The molecule has 4 nitrogen and oxygen atoms in total. The summed E-state index contributed by atoms with van der Waals surface area (Å²) in [7, 11) is 1.23. The molecule has 0 unspecified atom stereocenters. The second-order valence-electron chi connectivity index (χ2n) is 5.58. The van der Waals surface area contributed by atoms with Gasteiger partial charge >= 0.3 is 41.7 Å². The molecule has 0 radical (unpaired) electrons. The van der Waals surface area contributed by atoms with E-state index in [-0.39, 0.29) is 4.68 Å². The lowest BCUT2D eigenvalue weighted by Crippen LogP contribution is -2.72. The number of alkyl halides is 15. The zero-order valence-electron chi connectivity index (χ0n) is 14.0. The average Bonchev–Trinajstić information content (AvgIpc) is 2.94. The first-order valence-corrected chi connectivity index (χ1v) is 6.88. The van der Waals surface area contributed by atoms with Gasteiger partial charge in [-0.1, -0.05) is 0 Å². The first-order chi connectivity index (χ1) is 12.9. The summed E-state index contributed by atoms with van der Waals surface area (Å²) in [5, 5.41) is 4.75. The first-order valence-electron chi connectivity index (χ1n) is 6.88. The smallest absolute Gasteiger partial charge is 0.356 e. The standard InChI is InChI=1S/C11H7F15N4/c1-27-4-28-3(30(2)29-4)5(12,13)6(14,15)7(16,17)8(18,19)9(20,21)10(22,23)11(24,25)26/h1-2H3,(H,27,29). The molecule has 0 aliphatic heterocycles. The third-order valence-corrected chi connectivity index (χ3v) is 3.60. The van der Waals surface area contributed by atoms with Gasteiger partial charge < -0.3 is 5.32 Å². The fourth-order valence-corrected chi connectivity index (χ4v) is 1.87. The van der Waals surface area contributed by atoms with Crippen LogP contribution in [0.4, 0.5) is 71.8 Å². The summed E-state index contributed by atoms with van der Waals surface area (Å²) in [5.74, 6) is -50.6. The van der Waals surface area contributed by atoms with Gasteiger partial charge in [0.15, 0.2) is 0 Å². The third-order valence-electron chi connectivity index (χ3n) is 3.60. The van der Waals surface area contributed by atoms with Crippen LogP contribution in [0.3, 0.4) is 0 Å². The SMILES string of the molecule is CNc1nc(C(F)(F)C(F)(F)C(F)(F)C(F)(F)C(F)(F)C(F)(F)C(F)(F)F)n(C)n1. The summed E-state index contributed by atoms with van der Waals surface area (Å²) in [6, 6.07) is 0. The Morgan fingerprint density at radius 1 is 0.633 bits per heavy atom. The number of hydrogen-bond donors (Lipinski definition) is 1. The number of rotatable bonds is 7. The molecule has 176 valence electrons. The highest BCUT2D eigenvalue weighted by Gasteiger charge is 2.93. The van der Waals surface area contributed by atoms with Crippen LogP contribution in [-0.2, 0) is 13.0 Å². The zero-order chi connectivity index (χ0) is 24.4. The van der Waals surface area contributed by atoms with E-state index in [4.69, 9.17) is 0 Å². The Kier molecular flexibility index (Phi) is 5.78. The summed E-state index contributed by atoms with van der Waals surface area (Å²) >= 11 is 0. The fourth-order valence-electron chi connectivity index (χ4n) is 1.87. The molecule has 0 aromatic carbocycles. The molecule has 0 aliphatic carbocycles. The molecule has 1 N–H and O–H groups in total. The van der Waals surface area contributed by atoms with Crippen LogP contribution in [0.15, 0.2) is 0 Å². The first kappa shape index (κ1) is 25.9. The van der Waals surface area contributed by atoms with Gasteiger partial charge in [-0.25, -0.2) is 4.68 Å². The molecule has 1 rings (SSSR count). The minimum Gasteiger partial charge on any atom is -0.356 e. The van der Waals surface area contributed by atoms with Crippen LogP contribution >= 0.6 is 0 Å². The lowest BCUT2D eigenvalue weighted by molar-refractivity contribution is -0.454. The van der Waals surface area contributed by atoms with Crippen LogP contribution in [0.2, 0.25) is 0 Å². The summed E-state index contributed by atoms with van der Waals surface area (Å²) in [5.41, 5.74) is 0. The maximum Gasteiger partial charge on any atom is 0.460 e. The predicted octanol–water partition coefficient (Wildman–Crippen LogP) is 4.69. The van der Waals surface area contributed by atoms with Crippen molar-refractivity contribution in [2.24, 2.45) is 7.05 Å². The maximum absolute atomic E-state index is 13.9. The van der Waals surface area contributed by atoms with Gasteiger partial charge in [0, 0.05) is 14.1 Å². The molecule has 0 fully saturated rings. The van der Waals surface area contributed by atoms with Crippen molar-refractivity contribution in [1.82, 2.24) is 14.8 Å². The van der Waals surface area contributed by atoms with E-state index in [0.29, 0.717) is 7.05 Å². The number of anilines is 1. The van der Waals surface area contributed by atoms with Crippen LogP contribution in [0.25, 0.3) is 0 Å². The van der Waals surface area contributed by atoms with Crippen molar-refractivity contribution in [1.29, 1.82) is 0 Å². The molecule has 0 amide bonds. The van der Waals surface area contributed by atoms with Crippen molar-refractivity contribution in [2.45, 2.75) is 41.7 Å². The highest BCUT2D eigenvalue weighted by Crippen LogP contribution is 2.63. The van der Waals surface area contributed by atoms with E-state index in [1.165, 1.54) is 0 Å². The summed E-state index contributed by atoms with van der Waals surface area (Å²) in [6.07, 6.45) is -7.64. The Bertz CT molecular complexity index is 778. The molecular formula is C11H7F15N4. The lowest BCUT2D eigenvalue weighted by atomic mass is 9.91. The number of nitrogens with zero attached hydrogens (tertiary/aromatic N) is 3. The van der Waals surface area contributed by atoms with Crippen molar-refractivity contribution < 1.29 is 65.9 Å². The molecular weight excluding hydrogens is 473 g/mol. The van der Waals surface area contributed by atoms with Crippen LogP contribution in [0, 0.1) is 0 Å². The third kappa shape index (κ3) is 3.10. The van der Waals surface area contributed by atoms with E-state index in [1.54, 1.807) is 0 Å². The Morgan fingerprint density at radius 2 is 1.00 bits per heavy atom. The minimum absolute atomic E-state index is 0.343. The number of halogens is 15. The molecule has 1 aromatic heterocycles. The van der Waals surface area contributed by atoms with Gasteiger partial charge in [0.1, 0.15) is 0 Å². The predicted molar refractivity (Wildman–Crippen MR) is 65.2 cm³/mol. The molecule has 0 aliphatic rings.